The molecule has 0 amide bonds. The molecule has 0 radical (unpaired) electrons. The Morgan fingerprint density at radius 2 is 2.11 bits per heavy atom. The fourth-order valence-electron chi connectivity index (χ4n) is 1.71. The number of nitrogens with zero attached hydrogens (tertiary/aromatic N) is 2. The van der Waals surface area contributed by atoms with Gasteiger partial charge in [-0.3, -0.25) is 5.10 Å². The molecule has 1 aromatic carbocycles. The zero-order chi connectivity index (χ0) is 12.6. The summed E-state index contributed by atoms with van der Waals surface area (Å²) < 4.78 is 0. The van der Waals surface area contributed by atoms with E-state index in [4.69, 9.17) is 0 Å². The molecular weight excluding hydrogens is 244 g/mol. The third-order valence-electron chi connectivity index (χ3n) is 2.72. The molecule has 0 bridgehead atoms. The number of hydrogen-bond acceptors (Lipinski definition) is 4. The number of nitrogens with one attached hydrogen (secondary N) is 2. The minimum absolute atomic E-state index is 0.922. The van der Waals surface area contributed by atoms with E-state index in [1.54, 1.807) is 18.1 Å². The Hall–Kier alpha value is -1.33. The zero-order valence-corrected chi connectivity index (χ0v) is 11.3. The van der Waals surface area contributed by atoms with Gasteiger partial charge in [0.15, 0.2) is 0 Å². The molecule has 0 spiro atoms. The van der Waals surface area contributed by atoms with Gasteiger partial charge >= 0.3 is 0 Å². The monoisotopic (exact) mass is 262 g/mol. The Morgan fingerprint density at radius 3 is 2.78 bits per heavy atom. The van der Waals surface area contributed by atoms with Crippen LogP contribution in [-0.2, 0) is 13.0 Å². The van der Waals surface area contributed by atoms with Crippen LogP contribution in [0.15, 0.2) is 35.5 Å². The number of aromatic nitrogens is 3. The Morgan fingerprint density at radius 1 is 1.28 bits per heavy atom. The van der Waals surface area contributed by atoms with Crippen LogP contribution in [0.3, 0.4) is 0 Å². The summed E-state index contributed by atoms with van der Waals surface area (Å²) in [5, 5.41) is 10.1. The van der Waals surface area contributed by atoms with Crippen LogP contribution >= 0.6 is 11.8 Å². The molecular formula is C13H18N4S. The summed E-state index contributed by atoms with van der Waals surface area (Å²) in [4.78, 5) is 5.40. The number of aromatic amines is 1. The molecule has 2 aromatic rings. The first kappa shape index (κ1) is 13.1. The summed E-state index contributed by atoms with van der Waals surface area (Å²) in [7, 11) is 0. The van der Waals surface area contributed by atoms with E-state index in [1.165, 1.54) is 10.5 Å². The summed E-state index contributed by atoms with van der Waals surface area (Å²) in [5.74, 6) is 0.959. The van der Waals surface area contributed by atoms with Crippen molar-refractivity contribution in [1.82, 2.24) is 20.5 Å². The molecule has 5 heteroatoms. The second kappa shape index (κ2) is 7.18. The largest absolute Gasteiger partial charge is 0.313 e. The second-order valence-corrected chi connectivity index (χ2v) is 4.94. The van der Waals surface area contributed by atoms with Crippen molar-refractivity contribution in [2.45, 2.75) is 24.3 Å². The number of H-pyrrole nitrogens is 1. The molecule has 0 unspecified atom stereocenters. The lowest BCUT2D eigenvalue weighted by molar-refractivity contribution is 0.639. The molecule has 4 nitrogen and oxygen atoms in total. The predicted octanol–water partition coefficient (Wildman–Crippen LogP) is 2.25. The van der Waals surface area contributed by atoms with Gasteiger partial charge in [-0.2, -0.15) is 5.10 Å². The van der Waals surface area contributed by atoms with E-state index in [1.807, 2.05) is 0 Å². The molecule has 0 fully saturated rings. The van der Waals surface area contributed by atoms with E-state index in [-0.39, 0.29) is 0 Å². The van der Waals surface area contributed by atoms with E-state index in [9.17, 15) is 0 Å². The molecule has 0 saturated carbocycles. The fourth-order valence-corrected chi connectivity index (χ4v) is 2.12. The third-order valence-corrected chi connectivity index (χ3v) is 3.46. The highest BCUT2D eigenvalue weighted by atomic mass is 32.2. The normalized spacial score (nSPS) is 10.7. The molecule has 0 aliphatic carbocycles. The average Bonchev–Trinajstić information content (AvgIpc) is 2.92. The van der Waals surface area contributed by atoms with Gasteiger partial charge in [-0.05, 0) is 36.9 Å². The molecule has 1 heterocycles. The maximum Gasteiger partial charge on any atom is 0.137 e. The fraction of sp³-hybridized carbons (Fsp3) is 0.385. The Bertz CT molecular complexity index is 439. The van der Waals surface area contributed by atoms with Crippen molar-refractivity contribution in [1.29, 1.82) is 0 Å². The Kier molecular flexibility index (Phi) is 5.23. The summed E-state index contributed by atoms with van der Waals surface area (Å²) in [6.07, 6.45) is 5.66. The lowest BCUT2D eigenvalue weighted by Gasteiger charge is -2.05. The van der Waals surface area contributed by atoms with Crippen molar-refractivity contribution in [3.05, 3.63) is 42.0 Å². The van der Waals surface area contributed by atoms with Gasteiger partial charge in [0.2, 0.25) is 0 Å². The van der Waals surface area contributed by atoms with Crippen LogP contribution in [0.2, 0.25) is 0 Å². The van der Waals surface area contributed by atoms with E-state index in [2.05, 4.69) is 51.0 Å². The van der Waals surface area contributed by atoms with Crippen molar-refractivity contribution in [3.63, 3.8) is 0 Å². The topological polar surface area (TPSA) is 53.6 Å². The second-order valence-electron chi connectivity index (χ2n) is 4.06. The van der Waals surface area contributed by atoms with Crippen LogP contribution in [-0.4, -0.2) is 28.0 Å². The van der Waals surface area contributed by atoms with E-state index < -0.39 is 0 Å². The minimum Gasteiger partial charge on any atom is -0.313 e. The number of rotatable bonds is 7. The quantitative estimate of drug-likeness (QED) is 0.593. The molecule has 96 valence electrons. The van der Waals surface area contributed by atoms with Crippen LogP contribution in [0.1, 0.15) is 17.8 Å². The maximum atomic E-state index is 4.09. The lowest BCUT2D eigenvalue weighted by Crippen LogP contribution is -2.15. The maximum absolute atomic E-state index is 4.09. The lowest BCUT2D eigenvalue weighted by atomic mass is 10.2. The molecule has 0 aliphatic rings. The highest BCUT2D eigenvalue weighted by Gasteiger charge is 1.96. The van der Waals surface area contributed by atoms with Gasteiger partial charge in [-0.1, -0.05) is 12.1 Å². The van der Waals surface area contributed by atoms with Gasteiger partial charge < -0.3 is 5.32 Å². The summed E-state index contributed by atoms with van der Waals surface area (Å²) in [6.45, 7) is 1.91. The SMILES string of the molecule is CSc1ccc(CNCCCc2ncn[nH]2)cc1. The summed E-state index contributed by atoms with van der Waals surface area (Å²) in [6, 6.07) is 8.68. The predicted molar refractivity (Wildman–Crippen MR) is 74.6 cm³/mol. The number of thioether (sulfide) groups is 1. The highest BCUT2D eigenvalue weighted by molar-refractivity contribution is 7.98. The van der Waals surface area contributed by atoms with Gasteiger partial charge in [0.05, 0.1) is 0 Å². The van der Waals surface area contributed by atoms with Gasteiger partial charge in [0.1, 0.15) is 12.2 Å². The zero-order valence-electron chi connectivity index (χ0n) is 10.5. The highest BCUT2D eigenvalue weighted by Crippen LogP contribution is 2.14. The van der Waals surface area contributed by atoms with Crippen molar-refractivity contribution < 1.29 is 0 Å². The minimum atomic E-state index is 0.922. The van der Waals surface area contributed by atoms with Crippen LogP contribution in [0, 0.1) is 0 Å². The van der Waals surface area contributed by atoms with Crippen molar-refractivity contribution in [2.24, 2.45) is 0 Å². The first-order valence-corrected chi connectivity index (χ1v) is 7.29. The van der Waals surface area contributed by atoms with Gasteiger partial charge in [-0.15, -0.1) is 11.8 Å². The Labute approximate surface area is 112 Å². The smallest absolute Gasteiger partial charge is 0.137 e. The van der Waals surface area contributed by atoms with Crippen LogP contribution in [0.4, 0.5) is 0 Å². The number of aryl methyl sites for hydroxylation is 1. The average molecular weight is 262 g/mol. The van der Waals surface area contributed by atoms with Crippen molar-refractivity contribution in [3.8, 4) is 0 Å². The standard InChI is InChI=1S/C13H18N4S/c1-18-12-6-4-11(5-7-12)9-14-8-2-3-13-15-10-16-17-13/h4-7,10,14H,2-3,8-9H2,1H3,(H,15,16,17). The first-order valence-electron chi connectivity index (χ1n) is 6.06. The molecule has 0 aliphatic heterocycles. The Balaban J connectivity index is 1.62. The van der Waals surface area contributed by atoms with Crippen molar-refractivity contribution >= 4 is 11.8 Å². The third kappa shape index (κ3) is 4.16. The first-order chi connectivity index (χ1) is 8.88. The van der Waals surface area contributed by atoms with Gasteiger partial charge in [0, 0.05) is 17.9 Å². The number of benzene rings is 1. The molecule has 18 heavy (non-hydrogen) atoms. The number of hydrogen-bond donors (Lipinski definition) is 2. The van der Waals surface area contributed by atoms with Crippen LogP contribution in [0.25, 0.3) is 0 Å². The molecule has 0 atom stereocenters. The summed E-state index contributed by atoms with van der Waals surface area (Å²) in [5.41, 5.74) is 1.33. The van der Waals surface area contributed by atoms with E-state index in [0.29, 0.717) is 0 Å². The van der Waals surface area contributed by atoms with Crippen molar-refractivity contribution in [2.75, 3.05) is 12.8 Å². The molecule has 2 rings (SSSR count). The van der Waals surface area contributed by atoms with Crippen LogP contribution < -0.4 is 5.32 Å². The van der Waals surface area contributed by atoms with Gasteiger partial charge in [-0.25, -0.2) is 4.98 Å². The van der Waals surface area contributed by atoms with Gasteiger partial charge in [0.25, 0.3) is 0 Å². The van der Waals surface area contributed by atoms with E-state index >= 15 is 0 Å². The molecule has 2 N–H and O–H groups in total. The van der Waals surface area contributed by atoms with Crippen LogP contribution in [0.5, 0.6) is 0 Å². The van der Waals surface area contributed by atoms with E-state index in [0.717, 1.165) is 31.8 Å². The molecule has 0 saturated heterocycles. The molecule has 1 aromatic heterocycles. The summed E-state index contributed by atoms with van der Waals surface area (Å²) >= 11 is 1.77.